The van der Waals surface area contributed by atoms with Crippen molar-refractivity contribution in [2.45, 2.75) is 0 Å². The molecule has 0 atom stereocenters. The highest BCUT2D eigenvalue weighted by Gasteiger charge is 2.14. The molecule has 0 spiro atoms. The number of nitrogens with zero attached hydrogens (tertiary/aromatic N) is 2. The average Bonchev–Trinajstić information content (AvgIpc) is 2.50. The van der Waals surface area contributed by atoms with Gasteiger partial charge in [-0.1, -0.05) is 29.8 Å². The summed E-state index contributed by atoms with van der Waals surface area (Å²) in [6.45, 7) is 0. The fourth-order valence-electron chi connectivity index (χ4n) is 1.70. The number of benzene rings is 2. The number of likely N-dealkylation sites (N-methyl/N-ethyl adjacent to an activating group) is 1. The number of carbonyl (C=O) groups is 1. The zero-order chi connectivity index (χ0) is 15.9. The summed E-state index contributed by atoms with van der Waals surface area (Å²) < 4.78 is 0. The van der Waals surface area contributed by atoms with Crippen LogP contribution in [0, 0.1) is 0 Å². The quantitative estimate of drug-likeness (QED) is 0.519. The molecule has 0 aliphatic carbocycles. The van der Waals surface area contributed by atoms with E-state index >= 15 is 0 Å². The van der Waals surface area contributed by atoms with E-state index in [9.17, 15) is 4.79 Å². The predicted octanol–water partition coefficient (Wildman–Crippen LogP) is 3.27. The lowest BCUT2D eigenvalue weighted by Gasteiger charge is -2.15. The van der Waals surface area contributed by atoms with Crippen LogP contribution in [0.5, 0.6) is 0 Å². The molecule has 6 heteroatoms. The Morgan fingerprint density at radius 1 is 1.00 bits per heavy atom. The number of anilines is 2. The Morgan fingerprint density at radius 2 is 1.64 bits per heavy atom. The SMILES string of the molecule is CN(C)/C(=N/Nc1ccccc1)C(=O)Nc1ccc(Cl)cc1. The summed E-state index contributed by atoms with van der Waals surface area (Å²) in [6, 6.07) is 16.3. The Bertz CT molecular complexity index is 654. The number of carbonyl (C=O) groups excluding carboxylic acids is 1. The van der Waals surface area contributed by atoms with Gasteiger partial charge in [0.15, 0.2) is 0 Å². The van der Waals surface area contributed by atoms with Crippen molar-refractivity contribution in [3.8, 4) is 0 Å². The summed E-state index contributed by atoms with van der Waals surface area (Å²) in [5.74, 6) is -0.0467. The Balaban J connectivity index is 2.09. The van der Waals surface area contributed by atoms with Crippen LogP contribution >= 0.6 is 11.6 Å². The van der Waals surface area contributed by atoms with Crippen molar-refractivity contribution in [2.24, 2.45) is 5.10 Å². The van der Waals surface area contributed by atoms with Gasteiger partial charge in [0.25, 0.3) is 5.91 Å². The maximum absolute atomic E-state index is 12.3. The average molecular weight is 317 g/mol. The van der Waals surface area contributed by atoms with Crippen molar-refractivity contribution in [1.29, 1.82) is 0 Å². The highest BCUT2D eigenvalue weighted by Crippen LogP contribution is 2.13. The van der Waals surface area contributed by atoms with Crippen molar-refractivity contribution in [1.82, 2.24) is 4.90 Å². The number of hydrogen-bond donors (Lipinski definition) is 2. The fourth-order valence-corrected chi connectivity index (χ4v) is 1.83. The normalized spacial score (nSPS) is 11.0. The first-order valence-corrected chi connectivity index (χ1v) is 7.07. The minimum absolute atomic E-state index is 0.263. The molecule has 0 radical (unpaired) electrons. The molecule has 114 valence electrons. The molecule has 0 aliphatic rings. The summed E-state index contributed by atoms with van der Waals surface area (Å²) in [6.07, 6.45) is 0. The number of rotatable bonds is 3. The van der Waals surface area contributed by atoms with Gasteiger partial charge in [-0.25, -0.2) is 0 Å². The highest BCUT2D eigenvalue weighted by molar-refractivity contribution is 6.42. The lowest BCUT2D eigenvalue weighted by molar-refractivity contribution is -0.110. The Morgan fingerprint density at radius 3 is 2.23 bits per heavy atom. The molecule has 0 aromatic heterocycles. The van der Waals surface area contributed by atoms with E-state index in [1.54, 1.807) is 43.3 Å². The first kappa shape index (κ1) is 15.9. The van der Waals surface area contributed by atoms with Gasteiger partial charge in [0.05, 0.1) is 5.69 Å². The summed E-state index contributed by atoms with van der Waals surface area (Å²) in [5, 5.41) is 7.55. The third-order valence-electron chi connectivity index (χ3n) is 2.79. The molecule has 2 aromatic carbocycles. The predicted molar refractivity (Wildman–Crippen MR) is 91.3 cm³/mol. The van der Waals surface area contributed by atoms with Gasteiger partial charge in [0.2, 0.25) is 5.84 Å². The molecule has 2 aromatic rings. The van der Waals surface area contributed by atoms with Gasteiger partial charge in [-0.15, -0.1) is 0 Å². The van der Waals surface area contributed by atoms with E-state index in [0.717, 1.165) is 5.69 Å². The summed E-state index contributed by atoms with van der Waals surface area (Å²) in [5.41, 5.74) is 4.33. The third-order valence-corrected chi connectivity index (χ3v) is 3.05. The summed E-state index contributed by atoms with van der Waals surface area (Å²) >= 11 is 5.82. The number of amides is 1. The third kappa shape index (κ3) is 4.49. The largest absolute Gasteiger partial charge is 0.357 e. The van der Waals surface area contributed by atoms with Gasteiger partial charge < -0.3 is 10.2 Å². The van der Waals surface area contributed by atoms with Gasteiger partial charge in [-0.05, 0) is 36.4 Å². The molecule has 0 saturated carbocycles. The smallest absolute Gasteiger partial charge is 0.293 e. The second-order valence-electron chi connectivity index (χ2n) is 4.77. The minimum atomic E-state index is -0.309. The molecular formula is C16H17ClN4O. The van der Waals surface area contributed by atoms with Gasteiger partial charge >= 0.3 is 0 Å². The van der Waals surface area contributed by atoms with Crippen molar-refractivity contribution in [2.75, 3.05) is 24.8 Å². The number of halogens is 1. The van der Waals surface area contributed by atoms with E-state index in [0.29, 0.717) is 10.7 Å². The van der Waals surface area contributed by atoms with Crippen LogP contribution in [0.3, 0.4) is 0 Å². The Kier molecular flexibility index (Phi) is 5.38. The second-order valence-corrected chi connectivity index (χ2v) is 5.21. The molecule has 0 unspecified atom stereocenters. The van der Waals surface area contributed by atoms with Crippen LogP contribution in [0.1, 0.15) is 0 Å². The van der Waals surface area contributed by atoms with Crippen LogP contribution in [-0.4, -0.2) is 30.7 Å². The zero-order valence-corrected chi connectivity index (χ0v) is 13.1. The first-order chi connectivity index (χ1) is 10.6. The fraction of sp³-hybridized carbons (Fsp3) is 0.125. The van der Waals surface area contributed by atoms with E-state index < -0.39 is 0 Å². The van der Waals surface area contributed by atoms with Gasteiger partial charge in [-0.2, -0.15) is 5.10 Å². The minimum Gasteiger partial charge on any atom is -0.357 e. The van der Waals surface area contributed by atoms with Crippen LogP contribution in [0.2, 0.25) is 5.02 Å². The van der Waals surface area contributed by atoms with Crippen molar-refractivity contribution in [3.63, 3.8) is 0 Å². The van der Waals surface area contributed by atoms with Gasteiger partial charge in [-0.3, -0.25) is 10.2 Å². The Labute approximate surface area is 134 Å². The molecule has 0 heterocycles. The number of nitrogens with one attached hydrogen (secondary N) is 2. The van der Waals surface area contributed by atoms with Gasteiger partial charge in [0.1, 0.15) is 0 Å². The number of para-hydroxylation sites is 1. The van der Waals surface area contributed by atoms with Crippen molar-refractivity contribution < 1.29 is 4.79 Å². The van der Waals surface area contributed by atoms with E-state index in [2.05, 4.69) is 15.8 Å². The molecule has 1 amide bonds. The second kappa shape index (κ2) is 7.47. The topological polar surface area (TPSA) is 56.7 Å². The van der Waals surface area contributed by atoms with Gasteiger partial charge in [0, 0.05) is 24.8 Å². The monoisotopic (exact) mass is 316 g/mol. The maximum atomic E-state index is 12.3. The van der Waals surface area contributed by atoms with Crippen LogP contribution in [0.15, 0.2) is 59.7 Å². The maximum Gasteiger partial charge on any atom is 0.293 e. The molecular weight excluding hydrogens is 300 g/mol. The Hall–Kier alpha value is -2.53. The van der Waals surface area contributed by atoms with E-state index in [4.69, 9.17) is 11.6 Å². The molecule has 2 rings (SSSR count). The molecule has 5 nitrogen and oxygen atoms in total. The first-order valence-electron chi connectivity index (χ1n) is 6.69. The lowest BCUT2D eigenvalue weighted by Crippen LogP contribution is -2.35. The molecule has 2 N–H and O–H groups in total. The van der Waals surface area contributed by atoms with Crippen molar-refractivity contribution in [3.05, 3.63) is 59.6 Å². The number of amidine groups is 1. The van der Waals surface area contributed by atoms with Crippen molar-refractivity contribution >= 4 is 34.7 Å². The standard InChI is InChI=1S/C16H17ClN4O/c1-21(2)15(20-19-14-6-4-3-5-7-14)16(22)18-13-10-8-12(17)9-11-13/h3-11,19H,1-2H3,(H,18,22)/b20-15+. The van der Waals surface area contributed by atoms with E-state index in [1.807, 2.05) is 30.3 Å². The van der Waals surface area contributed by atoms with Crippen LogP contribution in [-0.2, 0) is 4.79 Å². The molecule has 22 heavy (non-hydrogen) atoms. The number of hydrazone groups is 1. The summed E-state index contributed by atoms with van der Waals surface area (Å²) in [4.78, 5) is 13.9. The van der Waals surface area contributed by atoms with E-state index in [1.165, 1.54) is 0 Å². The zero-order valence-electron chi connectivity index (χ0n) is 12.4. The van der Waals surface area contributed by atoms with Crippen LogP contribution < -0.4 is 10.7 Å². The molecule has 0 bridgehead atoms. The van der Waals surface area contributed by atoms with Crippen LogP contribution in [0.25, 0.3) is 0 Å². The van der Waals surface area contributed by atoms with Crippen LogP contribution in [0.4, 0.5) is 11.4 Å². The summed E-state index contributed by atoms with van der Waals surface area (Å²) in [7, 11) is 3.51. The lowest BCUT2D eigenvalue weighted by atomic mass is 10.3. The molecule has 0 fully saturated rings. The number of hydrogen-bond acceptors (Lipinski definition) is 3. The molecule has 0 aliphatic heterocycles. The van der Waals surface area contributed by atoms with E-state index in [-0.39, 0.29) is 11.7 Å². The highest BCUT2D eigenvalue weighted by atomic mass is 35.5. The molecule has 0 saturated heterocycles.